The SMILES string of the molecule is N#Cc1cc(-c2nc(-c3ccccc3)nc(-c3ccccc3)n2)cc(-c2cccc3c2sc2ccc(-c4nc(-c5ccccc5)nc(-c5ccccc5)n4)cc23)c1. The summed E-state index contributed by atoms with van der Waals surface area (Å²) in [5, 5.41) is 12.5. The van der Waals surface area contributed by atoms with Crippen LogP contribution in [0, 0.1) is 11.3 Å². The van der Waals surface area contributed by atoms with E-state index in [4.69, 9.17) is 29.9 Å². The summed E-state index contributed by atoms with van der Waals surface area (Å²) in [5.74, 6) is 3.47. The average Bonchev–Trinajstić information content (AvgIpc) is 3.68. The minimum absolute atomic E-state index is 0.497. The maximum atomic E-state index is 10.3. The number of nitrogens with zero attached hydrogens (tertiary/aromatic N) is 7. The number of nitriles is 1. The van der Waals surface area contributed by atoms with Crippen molar-refractivity contribution in [3.05, 3.63) is 181 Å². The number of benzene rings is 7. The Labute approximate surface area is 332 Å². The lowest BCUT2D eigenvalue weighted by atomic mass is 9.98. The van der Waals surface area contributed by atoms with E-state index in [0.717, 1.165) is 64.7 Å². The van der Waals surface area contributed by atoms with Crippen molar-refractivity contribution < 1.29 is 0 Å². The highest BCUT2D eigenvalue weighted by Gasteiger charge is 2.18. The van der Waals surface area contributed by atoms with Crippen LogP contribution in [0.25, 0.3) is 99.6 Å². The molecule has 0 spiro atoms. The van der Waals surface area contributed by atoms with E-state index in [1.807, 2.05) is 133 Å². The topological polar surface area (TPSA) is 101 Å². The molecule has 0 radical (unpaired) electrons. The number of hydrogen-bond acceptors (Lipinski definition) is 8. The summed E-state index contributed by atoms with van der Waals surface area (Å²) in [5.41, 5.74) is 7.69. The fourth-order valence-electron chi connectivity index (χ4n) is 7.02. The third-order valence-electron chi connectivity index (χ3n) is 9.79. The molecule has 0 unspecified atom stereocenters. The zero-order valence-corrected chi connectivity index (χ0v) is 31.1. The standard InChI is InChI=1S/C49H29N7S/c50-30-31-26-37(28-38(27-31)49-55-46(34-18-9-3-10-19-34)52-47(56-49)35-20-11-4-12-21-35)39-22-13-23-40-41-29-36(24-25-42(41)57-43(39)40)48-53-44(32-14-5-1-6-15-32)51-45(54-48)33-16-7-2-8-17-33/h1-29H. The molecule has 10 rings (SSSR count). The van der Waals surface area contributed by atoms with Crippen molar-refractivity contribution in [2.24, 2.45) is 0 Å². The molecule has 0 atom stereocenters. The summed E-state index contributed by atoms with van der Waals surface area (Å²) < 4.78 is 2.25. The van der Waals surface area contributed by atoms with E-state index in [0.29, 0.717) is 40.5 Å². The Kier molecular flexibility index (Phi) is 8.60. The second-order valence-corrected chi connectivity index (χ2v) is 14.5. The van der Waals surface area contributed by atoms with E-state index in [2.05, 4.69) is 48.5 Å². The number of hydrogen-bond donors (Lipinski definition) is 0. The number of rotatable bonds is 7. The van der Waals surface area contributed by atoms with Crippen molar-refractivity contribution in [1.82, 2.24) is 29.9 Å². The molecule has 0 bridgehead atoms. The van der Waals surface area contributed by atoms with E-state index in [-0.39, 0.29) is 0 Å². The van der Waals surface area contributed by atoms with Crippen LogP contribution in [-0.4, -0.2) is 29.9 Å². The highest BCUT2D eigenvalue weighted by molar-refractivity contribution is 7.26. The fourth-order valence-corrected chi connectivity index (χ4v) is 8.24. The van der Waals surface area contributed by atoms with Gasteiger partial charge in [-0.1, -0.05) is 140 Å². The first-order valence-corrected chi connectivity index (χ1v) is 19.2. The third kappa shape index (κ3) is 6.59. The molecule has 0 aliphatic rings. The molecule has 7 nitrogen and oxygen atoms in total. The van der Waals surface area contributed by atoms with Crippen LogP contribution in [0.5, 0.6) is 0 Å². The lowest BCUT2D eigenvalue weighted by Crippen LogP contribution is -2.00. The van der Waals surface area contributed by atoms with Crippen LogP contribution in [0.1, 0.15) is 5.56 Å². The van der Waals surface area contributed by atoms with Gasteiger partial charge < -0.3 is 0 Å². The quantitative estimate of drug-likeness (QED) is 0.160. The van der Waals surface area contributed by atoms with Crippen molar-refractivity contribution in [1.29, 1.82) is 5.26 Å². The van der Waals surface area contributed by atoms with Gasteiger partial charge in [-0.2, -0.15) is 5.26 Å². The highest BCUT2D eigenvalue weighted by Crippen LogP contribution is 2.42. The maximum Gasteiger partial charge on any atom is 0.164 e. The first kappa shape index (κ1) is 33.8. The van der Waals surface area contributed by atoms with Crippen LogP contribution >= 0.6 is 11.3 Å². The summed E-state index contributed by atoms with van der Waals surface area (Å²) in [6, 6.07) is 60.8. The van der Waals surface area contributed by atoms with Crippen LogP contribution in [0.3, 0.4) is 0 Å². The highest BCUT2D eigenvalue weighted by atomic mass is 32.1. The Morgan fingerprint density at radius 2 is 0.789 bits per heavy atom. The van der Waals surface area contributed by atoms with Crippen molar-refractivity contribution in [3.8, 4) is 85.5 Å². The molecule has 0 saturated heterocycles. The molecule has 3 heterocycles. The Morgan fingerprint density at radius 3 is 1.26 bits per heavy atom. The molecule has 0 amide bonds. The number of aromatic nitrogens is 6. The van der Waals surface area contributed by atoms with Gasteiger partial charge in [-0.15, -0.1) is 11.3 Å². The van der Waals surface area contributed by atoms with E-state index < -0.39 is 0 Å². The van der Waals surface area contributed by atoms with Gasteiger partial charge in [-0.25, -0.2) is 29.9 Å². The summed E-state index contributed by atoms with van der Waals surface area (Å²) >= 11 is 1.72. The summed E-state index contributed by atoms with van der Waals surface area (Å²) in [6.45, 7) is 0. The normalized spacial score (nSPS) is 11.1. The zero-order valence-electron chi connectivity index (χ0n) is 30.3. The molecule has 266 valence electrons. The first-order valence-electron chi connectivity index (χ1n) is 18.4. The van der Waals surface area contributed by atoms with Gasteiger partial charge >= 0.3 is 0 Å². The van der Waals surface area contributed by atoms with Gasteiger partial charge in [-0.3, -0.25) is 0 Å². The van der Waals surface area contributed by atoms with E-state index in [9.17, 15) is 5.26 Å². The summed E-state index contributed by atoms with van der Waals surface area (Å²) in [4.78, 5) is 29.6. The largest absolute Gasteiger partial charge is 0.208 e. The monoisotopic (exact) mass is 747 g/mol. The van der Waals surface area contributed by atoms with Crippen LogP contribution in [0.4, 0.5) is 0 Å². The number of thiophene rings is 1. The molecule has 0 aliphatic heterocycles. The van der Waals surface area contributed by atoms with Gasteiger partial charge in [-0.05, 0) is 47.5 Å². The predicted octanol–water partition coefficient (Wildman–Crippen LogP) is 12.0. The molecule has 0 aliphatic carbocycles. The molecular weight excluding hydrogens is 719 g/mol. The molecule has 8 heteroatoms. The van der Waals surface area contributed by atoms with Gasteiger partial charge in [0.15, 0.2) is 34.9 Å². The molecule has 0 N–H and O–H groups in total. The third-order valence-corrected chi connectivity index (χ3v) is 11.0. The van der Waals surface area contributed by atoms with Crippen LogP contribution < -0.4 is 0 Å². The Hall–Kier alpha value is -7.73. The lowest BCUT2D eigenvalue weighted by Gasteiger charge is -2.11. The van der Waals surface area contributed by atoms with Crippen LogP contribution in [0.15, 0.2) is 176 Å². The van der Waals surface area contributed by atoms with Gasteiger partial charge in [0.05, 0.1) is 11.6 Å². The van der Waals surface area contributed by atoms with Crippen LogP contribution in [0.2, 0.25) is 0 Å². The molecule has 7 aromatic carbocycles. The van der Waals surface area contributed by atoms with E-state index in [1.165, 1.54) is 0 Å². The second kappa shape index (κ2) is 14.5. The summed E-state index contributed by atoms with van der Waals surface area (Å²) in [7, 11) is 0. The molecule has 10 aromatic rings. The van der Waals surface area contributed by atoms with E-state index in [1.54, 1.807) is 11.3 Å². The smallest absolute Gasteiger partial charge is 0.164 e. The minimum Gasteiger partial charge on any atom is -0.208 e. The van der Waals surface area contributed by atoms with Crippen molar-refractivity contribution in [3.63, 3.8) is 0 Å². The van der Waals surface area contributed by atoms with Gasteiger partial charge in [0.1, 0.15) is 0 Å². The number of fused-ring (bicyclic) bond motifs is 3. The molecule has 57 heavy (non-hydrogen) atoms. The second-order valence-electron chi connectivity index (χ2n) is 13.5. The minimum atomic E-state index is 0.497. The lowest BCUT2D eigenvalue weighted by molar-refractivity contribution is 1.07. The predicted molar refractivity (Wildman–Crippen MR) is 229 cm³/mol. The van der Waals surface area contributed by atoms with Crippen molar-refractivity contribution >= 4 is 31.5 Å². The average molecular weight is 748 g/mol. The fraction of sp³-hybridized carbons (Fsp3) is 0. The molecule has 0 fully saturated rings. The van der Waals surface area contributed by atoms with Gasteiger partial charge in [0.2, 0.25) is 0 Å². The zero-order chi connectivity index (χ0) is 38.1. The Bertz CT molecular complexity index is 3010. The van der Waals surface area contributed by atoms with Crippen molar-refractivity contribution in [2.75, 3.05) is 0 Å². The van der Waals surface area contributed by atoms with Gasteiger partial charge in [0.25, 0.3) is 0 Å². The van der Waals surface area contributed by atoms with Crippen LogP contribution in [-0.2, 0) is 0 Å². The van der Waals surface area contributed by atoms with Crippen molar-refractivity contribution in [2.45, 2.75) is 0 Å². The molecule has 3 aromatic heterocycles. The molecule has 0 saturated carbocycles. The first-order chi connectivity index (χ1) is 28.2. The maximum absolute atomic E-state index is 10.3. The van der Waals surface area contributed by atoms with Gasteiger partial charge in [0, 0.05) is 53.6 Å². The summed E-state index contributed by atoms with van der Waals surface area (Å²) in [6.07, 6.45) is 0. The van der Waals surface area contributed by atoms with E-state index >= 15 is 0 Å². The Morgan fingerprint density at radius 1 is 0.351 bits per heavy atom. The Balaban J connectivity index is 1.10. The molecular formula is C49H29N7S.